The van der Waals surface area contributed by atoms with E-state index in [1.807, 2.05) is 20.8 Å². The predicted octanol–water partition coefficient (Wildman–Crippen LogP) is 1.81. The van der Waals surface area contributed by atoms with Crippen LogP contribution in [0.1, 0.15) is 48.5 Å². The van der Waals surface area contributed by atoms with Gasteiger partial charge in [0.15, 0.2) is 5.96 Å². The molecule has 1 heterocycles. The van der Waals surface area contributed by atoms with Crippen molar-refractivity contribution in [2.75, 3.05) is 46.4 Å². The number of morpholine rings is 1. The number of hydrogen-bond donors (Lipinski definition) is 3. The second-order valence-corrected chi connectivity index (χ2v) is 9.22. The van der Waals surface area contributed by atoms with E-state index in [2.05, 4.69) is 53.5 Å². The van der Waals surface area contributed by atoms with Crippen LogP contribution in [0.15, 0.2) is 4.99 Å². The smallest absolute Gasteiger partial charge is 0.407 e. The van der Waals surface area contributed by atoms with Gasteiger partial charge in [0.05, 0.1) is 19.3 Å². The van der Waals surface area contributed by atoms with Crippen molar-refractivity contribution in [3.63, 3.8) is 0 Å². The summed E-state index contributed by atoms with van der Waals surface area (Å²) in [6, 6.07) is -0.0688. The molecule has 28 heavy (non-hydrogen) atoms. The molecule has 0 aromatic rings. The van der Waals surface area contributed by atoms with Crippen molar-refractivity contribution in [1.29, 1.82) is 0 Å². The quantitative estimate of drug-likeness (QED) is 0.447. The van der Waals surface area contributed by atoms with Gasteiger partial charge in [0.25, 0.3) is 0 Å². The van der Waals surface area contributed by atoms with E-state index >= 15 is 0 Å². The molecule has 1 atom stereocenters. The summed E-state index contributed by atoms with van der Waals surface area (Å²) in [5.74, 6) is 0.973. The van der Waals surface area contributed by atoms with Crippen LogP contribution in [0.2, 0.25) is 0 Å². The molecule has 8 heteroatoms. The van der Waals surface area contributed by atoms with Crippen molar-refractivity contribution in [1.82, 2.24) is 20.9 Å². The normalized spacial score (nSPS) is 18.0. The molecule has 0 saturated carbocycles. The van der Waals surface area contributed by atoms with Crippen LogP contribution >= 0.6 is 0 Å². The fraction of sp³-hybridized carbons (Fsp3) is 0.900. The van der Waals surface area contributed by atoms with E-state index < -0.39 is 11.7 Å². The Bertz CT molecular complexity index is 508. The average Bonchev–Trinajstić information content (AvgIpc) is 2.59. The van der Waals surface area contributed by atoms with E-state index in [0.29, 0.717) is 6.54 Å². The molecule has 164 valence electrons. The number of nitrogens with zero attached hydrogens (tertiary/aromatic N) is 2. The largest absolute Gasteiger partial charge is 0.444 e. The van der Waals surface area contributed by atoms with Gasteiger partial charge < -0.3 is 25.4 Å². The molecule has 0 aromatic heterocycles. The number of amides is 1. The number of alkyl carbamates (subject to hydrolysis) is 1. The first kappa shape index (κ1) is 24.5. The van der Waals surface area contributed by atoms with Crippen LogP contribution in [-0.4, -0.2) is 80.6 Å². The van der Waals surface area contributed by atoms with Crippen molar-refractivity contribution in [3.8, 4) is 0 Å². The highest BCUT2D eigenvalue weighted by molar-refractivity contribution is 5.79. The minimum atomic E-state index is -0.512. The Kier molecular flexibility index (Phi) is 9.50. The van der Waals surface area contributed by atoms with E-state index in [-0.39, 0.29) is 17.5 Å². The van der Waals surface area contributed by atoms with Crippen LogP contribution in [0.3, 0.4) is 0 Å². The summed E-state index contributed by atoms with van der Waals surface area (Å²) >= 11 is 0. The lowest BCUT2D eigenvalue weighted by Gasteiger charge is -2.41. The van der Waals surface area contributed by atoms with Gasteiger partial charge in [-0.15, -0.1) is 0 Å². The topological polar surface area (TPSA) is 87.2 Å². The Morgan fingerprint density at radius 1 is 1.14 bits per heavy atom. The molecule has 0 aliphatic carbocycles. The molecular formula is C20H41N5O3. The molecule has 8 nitrogen and oxygen atoms in total. The first-order valence-electron chi connectivity index (χ1n) is 10.2. The molecule has 0 spiro atoms. The Hall–Kier alpha value is -1.54. The van der Waals surface area contributed by atoms with Crippen LogP contribution in [0, 0.1) is 5.92 Å². The monoisotopic (exact) mass is 399 g/mol. The summed E-state index contributed by atoms with van der Waals surface area (Å²) in [5.41, 5.74) is -0.519. The SMILES string of the molecule is CN=C(NCC(NC(=O)OC(C)(C)C)C(C)C)NCC(C)(C)N1CCOCC1. The van der Waals surface area contributed by atoms with Crippen molar-refractivity contribution in [3.05, 3.63) is 0 Å². The average molecular weight is 400 g/mol. The molecule has 0 aromatic carbocycles. The lowest BCUT2D eigenvalue weighted by atomic mass is 10.0. The van der Waals surface area contributed by atoms with Crippen LogP contribution in [0.4, 0.5) is 4.79 Å². The van der Waals surface area contributed by atoms with Crippen molar-refractivity contribution in [2.24, 2.45) is 10.9 Å². The van der Waals surface area contributed by atoms with Crippen LogP contribution < -0.4 is 16.0 Å². The highest BCUT2D eigenvalue weighted by Gasteiger charge is 2.28. The summed E-state index contributed by atoms with van der Waals surface area (Å²) in [4.78, 5) is 18.8. The molecule has 1 fully saturated rings. The fourth-order valence-corrected chi connectivity index (χ4v) is 2.92. The summed E-state index contributed by atoms with van der Waals surface area (Å²) < 4.78 is 10.8. The zero-order valence-corrected chi connectivity index (χ0v) is 19.0. The lowest BCUT2D eigenvalue weighted by molar-refractivity contribution is -0.00834. The number of ether oxygens (including phenoxy) is 2. The maximum atomic E-state index is 12.1. The van der Waals surface area contributed by atoms with Crippen LogP contribution in [0.5, 0.6) is 0 Å². The third-order valence-corrected chi connectivity index (χ3v) is 4.78. The Balaban J connectivity index is 2.52. The number of rotatable bonds is 7. The Morgan fingerprint density at radius 2 is 1.75 bits per heavy atom. The maximum Gasteiger partial charge on any atom is 0.407 e. The number of guanidine groups is 1. The summed E-state index contributed by atoms with van der Waals surface area (Å²) in [5, 5.41) is 9.67. The summed E-state index contributed by atoms with van der Waals surface area (Å²) in [7, 11) is 1.75. The molecule has 0 bridgehead atoms. The maximum absolute atomic E-state index is 12.1. The van der Waals surface area contributed by atoms with Gasteiger partial charge in [-0.25, -0.2) is 4.79 Å². The predicted molar refractivity (Wildman–Crippen MR) is 114 cm³/mol. The molecule has 3 N–H and O–H groups in total. The summed E-state index contributed by atoms with van der Waals surface area (Å²) in [6.07, 6.45) is -0.399. The van der Waals surface area contributed by atoms with E-state index in [1.54, 1.807) is 7.05 Å². The third kappa shape index (κ3) is 9.10. The highest BCUT2D eigenvalue weighted by atomic mass is 16.6. The van der Waals surface area contributed by atoms with Crippen LogP contribution in [0.25, 0.3) is 0 Å². The second kappa shape index (κ2) is 10.9. The molecular weight excluding hydrogens is 358 g/mol. The Labute approximate surface area is 170 Å². The number of aliphatic imine (C=N–C) groups is 1. The standard InChI is InChI=1S/C20H41N5O3/c1-15(2)16(24-18(26)28-19(3,4)5)13-22-17(21-8)23-14-20(6,7)25-9-11-27-12-10-25/h15-16H,9-14H2,1-8H3,(H,24,26)(H2,21,22,23). The molecule has 1 unspecified atom stereocenters. The third-order valence-electron chi connectivity index (χ3n) is 4.78. The van der Waals surface area contributed by atoms with Crippen molar-refractivity contribution < 1.29 is 14.3 Å². The first-order chi connectivity index (χ1) is 12.9. The zero-order valence-electron chi connectivity index (χ0n) is 19.0. The number of carbonyl (C=O) groups excluding carboxylic acids is 1. The van der Waals surface area contributed by atoms with E-state index in [9.17, 15) is 4.79 Å². The van der Waals surface area contributed by atoms with Gasteiger partial charge in [0.1, 0.15) is 5.60 Å². The van der Waals surface area contributed by atoms with Gasteiger partial charge in [0.2, 0.25) is 0 Å². The highest BCUT2D eigenvalue weighted by Crippen LogP contribution is 2.15. The van der Waals surface area contributed by atoms with Gasteiger partial charge in [-0.3, -0.25) is 9.89 Å². The number of hydrogen-bond acceptors (Lipinski definition) is 5. The minimum Gasteiger partial charge on any atom is -0.444 e. The molecule has 1 rings (SSSR count). The lowest BCUT2D eigenvalue weighted by Crippen LogP contribution is -2.57. The first-order valence-corrected chi connectivity index (χ1v) is 10.2. The van der Waals surface area contributed by atoms with Crippen molar-refractivity contribution >= 4 is 12.1 Å². The van der Waals surface area contributed by atoms with E-state index in [0.717, 1.165) is 38.8 Å². The van der Waals surface area contributed by atoms with Gasteiger partial charge in [-0.1, -0.05) is 13.8 Å². The van der Waals surface area contributed by atoms with Gasteiger partial charge in [-0.05, 0) is 40.5 Å². The fourth-order valence-electron chi connectivity index (χ4n) is 2.92. The van der Waals surface area contributed by atoms with Gasteiger partial charge >= 0.3 is 6.09 Å². The van der Waals surface area contributed by atoms with Crippen molar-refractivity contribution in [2.45, 2.75) is 65.6 Å². The molecule has 1 amide bonds. The minimum absolute atomic E-state index is 0.00634. The molecule has 1 aliphatic heterocycles. The Morgan fingerprint density at radius 3 is 2.25 bits per heavy atom. The second-order valence-electron chi connectivity index (χ2n) is 9.22. The van der Waals surface area contributed by atoms with Gasteiger partial charge in [0, 0.05) is 38.8 Å². The number of carbonyl (C=O) groups is 1. The van der Waals surface area contributed by atoms with E-state index in [4.69, 9.17) is 9.47 Å². The molecule has 1 saturated heterocycles. The summed E-state index contributed by atoms with van der Waals surface area (Å²) in [6.45, 7) is 18.9. The van der Waals surface area contributed by atoms with E-state index in [1.165, 1.54) is 0 Å². The molecule has 0 radical (unpaired) electrons. The zero-order chi connectivity index (χ0) is 21.4. The molecule has 1 aliphatic rings. The van der Waals surface area contributed by atoms with Gasteiger partial charge in [-0.2, -0.15) is 0 Å². The van der Waals surface area contributed by atoms with Crippen LogP contribution in [-0.2, 0) is 9.47 Å². The number of nitrogens with one attached hydrogen (secondary N) is 3.